The Balaban J connectivity index is 1.65. The molecule has 1 spiro atoms. The summed E-state index contributed by atoms with van der Waals surface area (Å²) in [5.74, 6) is -0.416. The normalized spacial score (nSPS) is 26.5. The maximum absolute atomic E-state index is 13.1. The predicted octanol–water partition coefficient (Wildman–Crippen LogP) is 3.75. The van der Waals surface area contributed by atoms with Gasteiger partial charge in [0, 0.05) is 16.6 Å². The molecule has 28 heavy (non-hydrogen) atoms. The van der Waals surface area contributed by atoms with E-state index >= 15 is 0 Å². The summed E-state index contributed by atoms with van der Waals surface area (Å²) in [6.45, 7) is 6.18. The highest BCUT2D eigenvalue weighted by Gasteiger charge is 2.56. The summed E-state index contributed by atoms with van der Waals surface area (Å²) in [5.41, 5.74) is -0.252. The molecule has 6 nitrogen and oxygen atoms in total. The fourth-order valence-corrected chi connectivity index (χ4v) is 5.18. The minimum atomic E-state index is -0.905. The van der Waals surface area contributed by atoms with Crippen LogP contribution >= 0.6 is 23.2 Å². The van der Waals surface area contributed by atoms with Crippen LogP contribution < -0.4 is 10.6 Å². The second kappa shape index (κ2) is 7.56. The molecule has 1 aromatic carbocycles. The summed E-state index contributed by atoms with van der Waals surface area (Å²) in [6.07, 6.45) is 2.17. The lowest BCUT2D eigenvalue weighted by molar-refractivity contribution is -0.137. The van der Waals surface area contributed by atoms with Crippen molar-refractivity contribution in [1.82, 2.24) is 15.5 Å². The highest BCUT2D eigenvalue weighted by atomic mass is 35.5. The zero-order chi connectivity index (χ0) is 20.7. The Hall–Kier alpha value is -1.79. The van der Waals surface area contributed by atoms with E-state index in [1.807, 2.05) is 0 Å². The molecule has 1 heterocycles. The highest BCUT2D eigenvalue weighted by molar-refractivity contribution is 6.35. The van der Waals surface area contributed by atoms with E-state index in [4.69, 9.17) is 23.2 Å². The molecule has 2 N–H and O–H groups in total. The number of halogens is 2. The van der Waals surface area contributed by atoms with E-state index in [1.54, 1.807) is 18.2 Å². The van der Waals surface area contributed by atoms with Crippen LogP contribution in [0.1, 0.15) is 45.6 Å². The number of rotatable bonds is 4. The van der Waals surface area contributed by atoms with Crippen LogP contribution in [0.2, 0.25) is 10.0 Å². The molecule has 1 aromatic rings. The van der Waals surface area contributed by atoms with Crippen LogP contribution in [0.5, 0.6) is 0 Å². The standard InChI is InChI=1S/C20H25Cl2N3O3/c1-12-7-19(2,3)11-20(8-12)17(27)25(18(28)24-20)10-16(26)23-9-13-4-5-14(21)6-15(13)22/h4-6,12H,7-11H2,1-3H3,(H,23,26)(H,24,28)/t12-,20-/m0/s1. The Labute approximate surface area is 174 Å². The van der Waals surface area contributed by atoms with Crippen LogP contribution in [0.15, 0.2) is 18.2 Å². The first-order chi connectivity index (χ1) is 13.0. The Morgan fingerprint density at radius 1 is 1.29 bits per heavy atom. The number of urea groups is 1. The number of imide groups is 1. The minimum Gasteiger partial charge on any atom is -0.350 e. The Kier molecular flexibility index (Phi) is 5.65. The van der Waals surface area contributed by atoms with Gasteiger partial charge in [0.15, 0.2) is 0 Å². The quantitative estimate of drug-likeness (QED) is 0.720. The van der Waals surface area contributed by atoms with E-state index in [0.717, 1.165) is 11.3 Å². The highest BCUT2D eigenvalue weighted by Crippen LogP contribution is 2.46. The Morgan fingerprint density at radius 2 is 2.00 bits per heavy atom. The fraction of sp³-hybridized carbons (Fsp3) is 0.550. The number of hydrogen-bond donors (Lipinski definition) is 2. The van der Waals surface area contributed by atoms with Gasteiger partial charge in [-0.3, -0.25) is 14.5 Å². The number of nitrogens with one attached hydrogen (secondary N) is 2. The van der Waals surface area contributed by atoms with Gasteiger partial charge in [-0.1, -0.05) is 50.0 Å². The van der Waals surface area contributed by atoms with Gasteiger partial charge in [0.1, 0.15) is 12.1 Å². The third-order valence-electron chi connectivity index (χ3n) is 5.42. The van der Waals surface area contributed by atoms with Crippen molar-refractivity contribution in [2.45, 2.75) is 52.1 Å². The van der Waals surface area contributed by atoms with Crippen LogP contribution in [0.3, 0.4) is 0 Å². The second-order valence-corrected chi connectivity index (χ2v) is 9.61. The van der Waals surface area contributed by atoms with Crippen molar-refractivity contribution in [2.75, 3.05) is 6.54 Å². The molecule has 152 valence electrons. The summed E-state index contributed by atoms with van der Waals surface area (Å²) in [5, 5.41) is 6.53. The molecule has 0 bridgehead atoms. The monoisotopic (exact) mass is 425 g/mol. The van der Waals surface area contributed by atoms with Crippen LogP contribution in [0.4, 0.5) is 4.79 Å². The summed E-state index contributed by atoms with van der Waals surface area (Å²) in [6, 6.07) is 4.49. The van der Waals surface area contributed by atoms with Gasteiger partial charge < -0.3 is 10.6 Å². The molecule has 0 unspecified atom stereocenters. The smallest absolute Gasteiger partial charge is 0.325 e. The number of nitrogens with zero attached hydrogens (tertiary/aromatic N) is 1. The third kappa shape index (κ3) is 4.28. The molecule has 4 amide bonds. The van der Waals surface area contributed by atoms with Gasteiger partial charge in [-0.2, -0.15) is 0 Å². The number of carbonyl (C=O) groups is 3. The van der Waals surface area contributed by atoms with Crippen molar-refractivity contribution in [1.29, 1.82) is 0 Å². The minimum absolute atomic E-state index is 0.0514. The molecule has 0 radical (unpaired) electrons. The maximum atomic E-state index is 13.1. The number of carbonyl (C=O) groups excluding carboxylic acids is 3. The van der Waals surface area contributed by atoms with Crippen molar-refractivity contribution in [3.8, 4) is 0 Å². The molecule has 1 aliphatic carbocycles. The van der Waals surface area contributed by atoms with E-state index in [2.05, 4.69) is 31.4 Å². The average molecular weight is 426 g/mol. The zero-order valence-corrected chi connectivity index (χ0v) is 17.8. The molecule has 2 fully saturated rings. The van der Waals surface area contributed by atoms with Crippen LogP contribution in [0, 0.1) is 11.3 Å². The molecular formula is C20H25Cl2N3O3. The fourth-order valence-electron chi connectivity index (χ4n) is 4.71. The molecule has 1 saturated heterocycles. The first kappa shape index (κ1) is 20.9. The Morgan fingerprint density at radius 3 is 2.64 bits per heavy atom. The first-order valence-electron chi connectivity index (χ1n) is 9.36. The lowest BCUT2D eigenvalue weighted by Gasteiger charge is -2.43. The predicted molar refractivity (Wildman–Crippen MR) is 108 cm³/mol. The van der Waals surface area contributed by atoms with E-state index in [1.165, 1.54) is 0 Å². The largest absolute Gasteiger partial charge is 0.350 e. The van der Waals surface area contributed by atoms with Gasteiger partial charge in [0.25, 0.3) is 5.91 Å². The molecule has 1 aliphatic heterocycles. The second-order valence-electron chi connectivity index (χ2n) is 8.77. The van der Waals surface area contributed by atoms with Gasteiger partial charge in [-0.15, -0.1) is 0 Å². The number of amides is 4. The van der Waals surface area contributed by atoms with Crippen molar-refractivity contribution < 1.29 is 14.4 Å². The average Bonchev–Trinajstić information content (AvgIpc) is 2.75. The van der Waals surface area contributed by atoms with Crippen molar-refractivity contribution in [3.63, 3.8) is 0 Å². The topological polar surface area (TPSA) is 78.5 Å². The molecule has 2 atom stereocenters. The SMILES string of the molecule is C[C@H]1CC(C)(C)C[C@]2(C1)NC(=O)N(CC(=O)NCc1ccc(Cl)cc1Cl)C2=O. The zero-order valence-electron chi connectivity index (χ0n) is 16.3. The number of benzene rings is 1. The Bertz CT molecular complexity index is 827. The van der Waals surface area contributed by atoms with Gasteiger partial charge in [0.05, 0.1) is 0 Å². The van der Waals surface area contributed by atoms with Gasteiger partial charge >= 0.3 is 6.03 Å². The molecule has 3 rings (SSSR count). The van der Waals surface area contributed by atoms with Crippen molar-refractivity contribution >= 4 is 41.0 Å². The molecule has 0 aromatic heterocycles. The lowest BCUT2D eigenvalue weighted by Crippen LogP contribution is -2.54. The van der Waals surface area contributed by atoms with Crippen LogP contribution in [-0.4, -0.2) is 34.8 Å². The van der Waals surface area contributed by atoms with E-state index in [0.29, 0.717) is 34.4 Å². The summed E-state index contributed by atoms with van der Waals surface area (Å²) in [4.78, 5) is 38.9. The molecule has 8 heteroatoms. The van der Waals surface area contributed by atoms with Gasteiger partial charge in [0.2, 0.25) is 5.91 Å². The van der Waals surface area contributed by atoms with Crippen LogP contribution in [-0.2, 0) is 16.1 Å². The van der Waals surface area contributed by atoms with Gasteiger partial charge in [-0.05, 0) is 48.3 Å². The summed E-state index contributed by atoms with van der Waals surface area (Å²) >= 11 is 12.0. The lowest BCUT2D eigenvalue weighted by atomic mass is 9.64. The van der Waals surface area contributed by atoms with E-state index < -0.39 is 17.5 Å². The molecule has 1 saturated carbocycles. The maximum Gasteiger partial charge on any atom is 0.325 e. The molecular weight excluding hydrogens is 401 g/mol. The first-order valence-corrected chi connectivity index (χ1v) is 10.1. The molecule has 2 aliphatic rings. The van der Waals surface area contributed by atoms with Crippen LogP contribution in [0.25, 0.3) is 0 Å². The van der Waals surface area contributed by atoms with Gasteiger partial charge in [-0.25, -0.2) is 4.79 Å². The third-order valence-corrected chi connectivity index (χ3v) is 6.00. The van der Waals surface area contributed by atoms with Crippen molar-refractivity contribution in [2.24, 2.45) is 11.3 Å². The number of hydrogen-bond acceptors (Lipinski definition) is 3. The summed E-state index contributed by atoms with van der Waals surface area (Å²) in [7, 11) is 0. The summed E-state index contributed by atoms with van der Waals surface area (Å²) < 4.78 is 0. The van der Waals surface area contributed by atoms with Crippen molar-refractivity contribution in [3.05, 3.63) is 33.8 Å². The van der Waals surface area contributed by atoms with E-state index in [9.17, 15) is 14.4 Å². The van der Waals surface area contributed by atoms with E-state index in [-0.39, 0.29) is 24.4 Å².